The molecule has 0 aliphatic rings. The Morgan fingerprint density at radius 3 is 2.68 bits per heavy atom. The normalized spacial score (nSPS) is 10.5. The summed E-state index contributed by atoms with van der Waals surface area (Å²) in [5.41, 5.74) is 3.56. The fourth-order valence-electron chi connectivity index (χ4n) is 2.13. The van der Waals surface area contributed by atoms with Gasteiger partial charge in [0.2, 0.25) is 0 Å². The highest BCUT2D eigenvalue weighted by molar-refractivity contribution is 6.30. The van der Waals surface area contributed by atoms with E-state index in [9.17, 15) is 0 Å². The molecule has 0 unspecified atom stereocenters. The SMILES string of the molecule is N#CCc1c(-c2ccc(Cl)cc2)nc2ccccn12. The van der Waals surface area contributed by atoms with E-state index < -0.39 is 0 Å². The Hall–Kier alpha value is -2.31. The van der Waals surface area contributed by atoms with Gasteiger partial charge in [-0.1, -0.05) is 29.8 Å². The van der Waals surface area contributed by atoms with Crippen molar-refractivity contribution in [2.75, 3.05) is 0 Å². The summed E-state index contributed by atoms with van der Waals surface area (Å²) in [6, 6.07) is 15.5. The molecule has 0 bridgehead atoms. The molecule has 0 atom stereocenters. The lowest BCUT2D eigenvalue weighted by molar-refractivity contribution is 1.06. The van der Waals surface area contributed by atoms with Crippen LogP contribution in [0.4, 0.5) is 0 Å². The lowest BCUT2D eigenvalue weighted by Gasteiger charge is -2.01. The van der Waals surface area contributed by atoms with Gasteiger partial charge in [-0.2, -0.15) is 5.26 Å². The number of rotatable bonds is 2. The van der Waals surface area contributed by atoms with Crippen molar-refractivity contribution in [2.45, 2.75) is 6.42 Å². The number of nitrogens with zero attached hydrogens (tertiary/aromatic N) is 3. The molecule has 0 radical (unpaired) electrons. The van der Waals surface area contributed by atoms with Gasteiger partial charge in [-0.05, 0) is 24.3 Å². The smallest absolute Gasteiger partial charge is 0.137 e. The van der Waals surface area contributed by atoms with E-state index in [1.165, 1.54) is 0 Å². The molecule has 0 aliphatic carbocycles. The summed E-state index contributed by atoms with van der Waals surface area (Å²) in [7, 11) is 0. The summed E-state index contributed by atoms with van der Waals surface area (Å²) in [5.74, 6) is 0. The summed E-state index contributed by atoms with van der Waals surface area (Å²) in [5, 5.41) is 9.69. The summed E-state index contributed by atoms with van der Waals surface area (Å²) in [4.78, 5) is 4.60. The van der Waals surface area contributed by atoms with Crippen LogP contribution in [0.2, 0.25) is 5.02 Å². The molecule has 0 amide bonds. The highest BCUT2D eigenvalue weighted by Gasteiger charge is 2.13. The highest BCUT2D eigenvalue weighted by atomic mass is 35.5. The molecule has 0 N–H and O–H groups in total. The number of aromatic nitrogens is 2. The average molecular weight is 268 g/mol. The topological polar surface area (TPSA) is 41.1 Å². The van der Waals surface area contributed by atoms with Gasteiger partial charge in [0.15, 0.2) is 0 Å². The standard InChI is InChI=1S/C15H10ClN3/c16-12-6-4-11(5-7-12)15-13(8-9-17)19-10-2-1-3-14(19)18-15/h1-7,10H,8H2. The number of imidazole rings is 1. The van der Waals surface area contributed by atoms with Gasteiger partial charge >= 0.3 is 0 Å². The predicted octanol–water partition coefficient (Wildman–Crippen LogP) is 3.72. The third kappa shape index (κ3) is 2.07. The second kappa shape index (κ2) is 4.75. The van der Waals surface area contributed by atoms with Gasteiger partial charge in [0.05, 0.1) is 23.9 Å². The van der Waals surface area contributed by atoms with Crippen LogP contribution in [0.5, 0.6) is 0 Å². The Morgan fingerprint density at radius 1 is 1.16 bits per heavy atom. The number of hydrogen-bond donors (Lipinski definition) is 0. The van der Waals surface area contributed by atoms with Gasteiger partial charge < -0.3 is 4.40 Å². The predicted molar refractivity (Wildman–Crippen MR) is 75.0 cm³/mol. The minimum Gasteiger partial charge on any atom is -0.302 e. The molecule has 3 nitrogen and oxygen atoms in total. The average Bonchev–Trinajstić information content (AvgIpc) is 2.79. The van der Waals surface area contributed by atoms with E-state index in [-0.39, 0.29) is 0 Å². The van der Waals surface area contributed by atoms with E-state index >= 15 is 0 Å². The zero-order chi connectivity index (χ0) is 13.2. The zero-order valence-corrected chi connectivity index (χ0v) is 10.8. The van der Waals surface area contributed by atoms with Crippen molar-refractivity contribution in [3.05, 3.63) is 59.4 Å². The van der Waals surface area contributed by atoms with Crippen molar-refractivity contribution >= 4 is 17.2 Å². The molecule has 3 rings (SSSR count). The molecule has 4 heteroatoms. The monoisotopic (exact) mass is 267 g/mol. The molecule has 1 aromatic carbocycles. The fourth-order valence-corrected chi connectivity index (χ4v) is 2.26. The number of hydrogen-bond acceptors (Lipinski definition) is 2. The fraction of sp³-hybridized carbons (Fsp3) is 0.0667. The van der Waals surface area contributed by atoms with Gasteiger partial charge in [-0.25, -0.2) is 4.98 Å². The first-order valence-electron chi connectivity index (χ1n) is 5.88. The lowest BCUT2D eigenvalue weighted by atomic mass is 10.1. The molecule has 2 heterocycles. The van der Waals surface area contributed by atoms with E-state index in [2.05, 4.69) is 11.1 Å². The quantitative estimate of drug-likeness (QED) is 0.710. The summed E-state index contributed by atoms with van der Waals surface area (Å²) in [6.45, 7) is 0. The highest BCUT2D eigenvalue weighted by Crippen LogP contribution is 2.26. The summed E-state index contributed by atoms with van der Waals surface area (Å²) in [6.07, 6.45) is 2.25. The molecular formula is C15H10ClN3. The molecule has 0 aliphatic heterocycles. The Labute approximate surface area is 115 Å². The van der Waals surface area contributed by atoms with Gasteiger partial charge in [0.25, 0.3) is 0 Å². The van der Waals surface area contributed by atoms with Crippen LogP contribution < -0.4 is 0 Å². The molecular weight excluding hydrogens is 258 g/mol. The van der Waals surface area contributed by atoms with Crippen LogP contribution in [0.1, 0.15) is 5.69 Å². The molecule has 3 aromatic rings. The molecule has 0 saturated carbocycles. The molecule has 92 valence electrons. The van der Waals surface area contributed by atoms with Crippen molar-refractivity contribution in [3.8, 4) is 17.3 Å². The largest absolute Gasteiger partial charge is 0.302 e. The minimum atomic E-state index is 0.323. The number of halogens is 1. The van der Waals surface area contributed by atoms with Crippen molar-refractivity contribution in [3.63, 3.8) is 0 Å². The third-order valence-electron chi connectivity index (χ3n) is 2.99. The lowest BCUT2D eigenvalue weighted by Crippen LogP contribution is -1.92. The van der Waals surface area contributed by atoms with E-state index in [4.69, 9.17) is 16.9 Å². The first-order chi connectivity index (χ1) is 9.29. The molecule has 0 spiro atoms. The Morgan fingerprint density at radius 2 is 1.95 bits per heavy atom. The number of nitriles is 1. The molecule has 0 fully saturated rings. The van der Waals surface area contributed by atoms with Crippen LogP contribution in [0, 0.1) is 11.3 Å². The zero-order valence-electron chi connectivity index (χ0n) is 10.0. The van der Waals surface area contributed by atoms with Gasteiger partial charge in [-0.15, -0.1) is 0 Å². The maximum atomic E-state index is 9.00. The van der Waals surface area contributed by atoms with Crippen molar-refractivity contribution in [2.24, 2.45) is 0 Å². The van der Waals surface area contributed by atoms with Gasteiger partial charge in [0, 0.05) is 16.8 Å². The summed E-state index contributed by atoms with van der Waals surface area (Å²) >= 11 is 5.90. The maximum absolute atomic E-state index is 9.00. The molecule has 19 heavy (non-hydrogen) atoms. The number of fused-ring (bicyclic) bond motifs is 1. The van der Waals surface area contributed by atoms with Crippen LogP contribution in [0.15, 0.2) is 48.7 Å². The van der Waals surface area contributed by atoms with Crippen molar-refractivity contribution in [1.29, 1.82) is 5.26 Å². The number of pyridine rings is 1. The van der Waals surface area contributed by atoms with Crippen molar-refractivity contribution < 1.29 is 0 Å². The Balaban J connectivity index is 2.25. The van der Waals surface area contributed by atoms with E-state index in [1.54, 1.807) is 0 Å². The van der Waals surface area contributed by atoms with Gasteiger partial charge in [-0.3, -0.25) is 0 Å². The van der Waals surface area contributed by atoms with Crippen molar-refractivity contribution in [1.82, 2.24) is 9.38 Å². The van der Waals surface area contributed by atoms with E-state index in [0.717, 1.165) is 22.6 Å². The van der Waals surface area contributed by atoms with Crippen LogP contribution in [-0.4, -0.2) is 9.38 Å². The Kier molecular flexibility index (Phi) is 2.94. The van der Waals surface area contributed by atoms with Crippen LogP contribution >= 0.6 is 11.6 Å². The summed E-state index contributed by atoms with van der Waals surface area (Å²) < 4.78 is 1.95. The van der Waals surface area contributed by atoms with Gasteiger partial charge in [0.1, 0.15) is 5.65 Å². The second-order valence-corrected chi connectivity index (χ2v) is 4.61. The van der Waals surface area contributed by atoms with E-state index in [0.29, 0.717) is 11.4 Å². The van der Waals surface area contributed by atoms with E-state index in [1.807, 2.05) is 53.1 Å². The Bertz CT molecular complexity index is 766. The van der Waals surface area contributed by atoms with Crippen LogP contribution in [-0.2, 0) is 6.42 Å². The molecule has 0 saturated heterocycles. The maximum Gasteiger partial charge on any atom is 0.137 e. The number of benzene rings is 1. The first-order valence-corrected chi connectivity index (χ1v) is 6.26. The van der Waals surface area contributed by atoms with Crippen LogP contribution in [0.3, 0.4) is 0 Å². The second-order valence-electron chi connectivity index (χ2n) is 4.18. The van der Waals surface area contributed by atoms with Crippen LogP contribution in [0.25, 0.3) is 16.9 Å². The first kappa shape index (κ1) is 11.8. The molecule has 2 aromatic heterocycles. The third-order valence-corrected chi connectivity index (χ3v) is 3.24. The minimum absolute atomic E-state index is 0.323.